The zero-order valence-corrected chi connectivity index (χ0v) is 18.0. The van der Waals surface area contributed by atoms with E-state index in [0.717, 1.165) is 7.11 Å². The van der Waals surface area contributed by atoms with Crippen LogP contribution < -0.4 is 9.47 Å². The summed E-state index contributed by atoms with van der Waals surface area (Å²) < 4.78 is 20.9. The number of ether oxygens (including phenoxy) is 4. The fraction of sp³-hybridized carbons (Fsp3) is 0.364. The summed E-state index contributed by atoms with van der Waals surface area (Å²) in [6.45, 7) is 0.984. The number of esters is 1. The van der Waals surface area contributed by atoms with Crippen molar-refractivity contribution < 1.29 is 54.1 Å². The molecule has 0 unspecified atom stereocenters. The summed E-state index contributed by atoms with van der Waals surface area (Å²) in [5.74, 6) is -3.27. The van der Waals surface area contributed by atoms with Crippen LogP contribution >= 0.6 is 0 Å². The van der Waals surface area contributed by atoms with Gasteiger partial charge in [-0.05, 0) is 30.7 Å². The molecule has 11 nitrogen and oxygen atoms in total. The molecule has 1 heterocycles. The Morgan fingerprint density at radius 1 is 1.00 bits per heavy atom. The zero-order chi connectivity index (χ0) is 24.4. The molecule has 0 aromatic heterocycles. The maximum absolute atomic E-state index is 13.5. The van der Waals surface area contributed by atoms with Crippen LogP contribution in [0.3, 0.4) is 0 Å². The summed E-state index contributed by atoms with van der Waals surface area (Å²) in [4.78, 5) is 26.0. The molecule has 4 atom stereocenters. The topological polar surface area (TPSA) is 172 Å². The minimum absolute atomic E-state index is 0.0750. The fourth-order valence-electron chi connectivity index (χ4n) is 3.50. The molecule has 0 radical (unpaired) electrons. The number of phenolic OH excluding ortho intramolecular Hbond substituents is 2. The fourth-order valence-corrected chi connectivity index (χ4v) is 3.50. The van der Waals surface area contributed by atoms with Gasteiger partial charge in [0, 0.05) is 6.07 Å². The van der Waals surface area contributed by atoms with Crippen LogP contribution in [0.2, 0.25) is 0 Å². The maximum Gasteiger partial charge on any atom is 0.338 e. The van der Waals surface area contributed by atoms with Gasteiger partial charge in [-0.25, -0.2) is 4.79 Å². The van der Waals surface area contributed by atoms with Gasteiger partial charge in [-0.2, -0.15) is 0 Å². The Bertz CT molecular complexity index is 1040. The van der Waals surface area contributed by atoms with Gasteiger partial charge in [0.15, 0.2) is 0 Å². The number of benzene rings is 2. The number of aliphatic hydroxyl groups is 3. The van der Waals surface area contributed by atoms with Crippen molar-refractivity contribution in [3.05, 3.63) is 46.5 Å². The summed E-state index contributed by atoms with van der Waals surface area (Å²) in [6, 6.07) is 4.92. The first-order valence-corrected chi connectivity index (χ1v) is 9.79. The lowest BCUT2D eigenvalue weighted by atomic mass is 9.94. The number of hydrogen-bond acceptors (Lipinski definition) is 11. The second-order valence-corrected chi connectivity index (χ2v) is 7.37. The third-order valence-corrected chi connectivity index (χ3v) is 5.15. The molecular weight excluding hydrogens is 440 g/mol. The number of aliphatic hydroxyl groups excluding tert-OH is 3. The predicted octanol–water partition coefficient (Wildman–Crippen LogP) is 0.250. The molecule has 1 aliphatic heterocycles. The van der Waals surface area contributed by atoms with Crippen molar-refractivity contribution in [2.45, 2.75) is 31.5 Å². The van der Waals surface area contributed by atoms with Gasteiger partial charge in [0.2, 0.25) is 12.1 Å². The molecular formula is C22H24O11. The third kappa shape index (κ3) is 4.57. The van der Waals surface area contributed by atoms with Gasteiger partial charge >= 0.3 is 5.97 Å². The Labute approximate surface area is 188 Å². The SMILES string of the molecule is COC(=O)c1cc(OC)cc(O[C@@H]2O[C@@H](CO)[C@H](O)[C@@H]2O)c1C(=O)c1c(O)cc(C)cc1O. The van der Waals surface area contributed by atoms with Crippen molar-refractivity contribution in [3.63, 3.8) is 0 Å². The van der Waals surface area contributed by atoms with E-state index < -0.39 is 65.6 Å². The van der Waals surface area contributed by atoms with Crippen molar-refractivity contribution in [3.8, 4) is 23.0 Å². The first-order valence-electron chi connectivity index (χ1n) is 9.79. The van der Waals surface area contributed by atoms with Gasteiger partial charge in [-0.3, -0.25) is 4.79 Å². The van der Waals surface area contributed by atoms with Crippen LogP contribution in [0, 0.1) is 6.92 Å². The Morgan fingerprint density at radius 3 is 2.15 bits per heavy atom. The molecule has 5 N–H and O–H groups in total. The van der Waals surface area contributed by atoms with Gasteiger partial charge in [0.1, 0.15) is 46.9 Å². The van der Waals surface area contributed by atoms with Crippen LogP contribution in [-0.4, -0.2) is 82.7 Å². The zero-order valence-electron chi connectivity index (χ0n) is 18.0. The molecule has 1 saturated heterocycles. The Hall–Kier alpha value is -3.38. The predicted molar refractivity (Wildman–Crippen MR) is 111 cm³/mol. The molecule has 0 amide bonds. The lowest BCUT2D eigenvalue weighted by Gasteiger charge is -2.21. The molecule has 3 rings (SSSR count). The third-order valence-electron chi connectivity index (χ3n) is 5.15. The largest absolute Gasteiger partial charge is 0.507 e. The minimum Gasteiger partial charge on any atom is -0.507 e. The number of carbonyl (C=O) groups excluding carboxylic acids is 2. The van der Waals surface area contributed by atoms with Crippen LogP contribution in [0.15, 0.2) is 24.3 Å². The smallest absolute Gasteiger partial charge is 0.338 e. The summed E-state index contributed by atoms with van der Waals surface area (Å²) >= 11 is 0. The lowest BCUT2D eigenvalue weighted by Crippen LogP contribution is -2.36. The van der Waals surface area contributed by atoms with Crippen LogP contribution in [0.4, 0.5) is 0 Å². The second-order valence-electron chi connectivity index (χ2n) is 7.37. The van der Waals surface area contributed by atoms with Crippen LogP contribution in [0.25, 0.3) is 0 Å². The van der Waals surface area contributed by atoms with E-state index >= 15 is 0 Å². The normalized spacial score (nSPS) is 22.1. The molecule has 0 saturated carbocycles. The molecule has 1 fully saturated rings. The van der Waals surface area contributed by atoms with Crippen molar-refractivity contribution in [2.24, 2.45) is 0 Å². The first kappa shape index (κ1) is 24.3. The van der Waals surface area contributed by atoms with E-state index in [2.05, 4.69) is 0 Å². The highest BCUT2D eigenvalue weighted by molar-refractivity contribution is 6.18. The molecule has 2 aromatic carbocycles. The van der Waals surface area contributed by atoms with Crippen molar-refractivity contribution >= 4 is 11.8 Å². The molecule has 0 aliphatic carbocycles. The first-order chi connectivity index (χ1) is 15.6. The molecule has 0 spiro atoms. The Balaban J connectivity index is 2.19. The highest BCUT2D eigenvalue weighted by Crippen LogP contribution is 2.38. The van der Waals surface area contributed by atoms with Gasteiger partial charge < -0.3 is 44.5 Å². The van der Waals surface area contributed by atoms with Crippen LogP contribution in [-0.2, 0) is 9.47 Å². The van der Waals surface area contributed by atoms with E-state index in [9.17, 15) is 35.1 Å². The standard InChI is InChI=1S/C22H24O11/c1-9-4-12(24)17(13(25)5-9)19(27)16-11(21(29)31-3)6-10(30-2)7-14(16)32-22-20(28)18(26)15(8-23)33-22/h4-7,15,18,20,22-26,28H,8H2,1-3H3/t15-,18-,20-,22+/m0/s1. The van der Waals surface area contributed by atoms with E-state index in [1.165, 1.54) is 31.4 Å². The highest BCUT2D eigenvalue weighted by atomic mass is 16.7. The number of phenols is 2. The molecule has 0 bridgehead atoms. The highest BCUT2D eigenvalue weighted by Gasteiger charge is 2.44. The monoisotopic (exact) mass is 464 g/mol. The summed E-state index contributed by atoms with van der Waals surface area (Å²) in [5, 5.41) is 50.2. The van der Waals surface area contributed by atoms with Gasteiger partial charge in [0.25, 0.3) is 0 Å². The van der Waals surface area contributed by atoms with E-state index in [-0.39, 0.29) is 17.1 Å². The van der Waals surface area contributed by atoms with Crippen molar-refractivity contribution in [1.29, 1.82) is 0 Å². The van der Waals surface area contributed by atoms with E-state index in [1.807, 2.05) is 0 Å². The van der Waals surface area contributed by atoms with Crippen LogP contribution in [0.5, 0.6) is 23.0 Å². The number of ketones is 1. The minimum atomic E-state index is -1.60. The van der Waals surface area contributed by atoms with Crippen molar-refractivity contribution in [2.75, 3.05) is 20.8 Å². The number of methoxy groups -OCH3 is 2. The second kappa shape index (κ2) is 9.63. The number of aromatic hydroxyl groups is 2. The van der Waals surface area contributed by atoms with Crippen LogP contribution in [0.1, 0.15) is 31.8 Å². The molecule has 33 heavy (non-hydrogen) atoms. The van der Waals surface area contributed by atoms with Gasteiger partial charge in [0.05, 0.1) is 32.0 Å². The number of hydrogen-bond donors (Lipinski definition) is 5. The average molecular weight is 464 g/mol. The quantitative estimate of drug-likeness (QED) is 0.281. The lowest BCUT2D eigenvalue weighted by molar-refractivity contribution is -0.116. The molecule has 178 valence electrons. The maximum atomic E-state index is 13.5. The van der Waals surface area contributed by atoms with Gasteiger partial charge in [-0.1, -0.05) is 0 Å². The molecule has 11 heteroatoms. The number of aryl methyl sites for hydroxylation is 1. The molecule has 2 aromatic rings. The molecule has 1 aliphatic rings. The van der Waals surface area contributed by atoms with E-state index in [0.29, 0.717) is 5.56 Å². The Kier molecular flexibility index (Phi) is 7.08. The van der Waals surface area contributed by atoms with Gasteiger partial charge in [-0.15, -0.1) is 0 Å². The van der Waals surface area contributed by atoms with E-state index in [4.69, 9.17) is 18.9 Å². The number of carbonyl (C=O) groups is 2. The summed E-state index contributed by atoms with van der Waals surface area (Å²) in [6.07, 6.45) is -5.75. The number of rotatable bonds is 7. The summed E-state index contributed by atoms with van der Waals surface area (Å²) in [5.41, 5.74) is -0.757. The van der Waals surface area contributed by atoms with Crippen molar-refractivity contribution in [1.82, 2.24) is 0 Å². The summed E-state index contributed by atoms with van der Waals surface area (Å²) in [7, 11) is 2.38. The average Bonchev–Trinajstić information content (AvgIpc) is 3.04. The Morgan fingerprint density at radius 2 is 1.64 bits per heavy atom. The van der Waals surface area contributed by atoms with E-state index in [1.54, 1.807) is 6.92 Å².